The van der Waals surface area contributed by atoms with Crippen LogP contribution in [0.3, 0.4) is 0 Å². The predicted octanol–water partition coefficient (Wildman–Crippen LogP) is 2.58. The molecule has 0 saturated heterocycles. The molecule has 0 aliphatic rings. The van der Waals surface area contributed by atoms with E-state index in [1.807, 2.05) is 12.1 Å². The highest BCUT2D eigenvalue weighted by Gasteiger charge is 2.03. The zero-order chi connectivity index (χ0) is 14.3. The first-order valence-electron chi connectivity index (χ1n) is 5.94. The first-order chi connectivity index (χ1) is 9.08. The number of nitrogens with one attached hydrogen (secondary N) is 1. The lowest BCUT2D eigenvalue weighted by atomic mass is 10.2. The molecular formula is C14H19NO4. The van der Waals surface area contributed by atoms with Crippen molar-refractivity contribution < 1.29 is 19.0 Å². The Morgan fingerprint density at radius 3 is 2.26 bits per heavy atom. The van der Waals surface area contributed by atoms with Crippen molar-refractivity contribution in [3.63, 3.8) is 0 Å². The maximum Gasteiger partial charge on any atom is 0.332 e. The van der Waals surface area contributed by atoms with Crippen LogP contribution >= 0.6 is 0 Å². The fourth-order valence-corrected chi connectivity index (χ4v) is 1.50. The van der Waals surface area contributed by atoms with E-state index in [4.69, 9.17) is 14.2 Å². The van der Waals surface area contributed by atoms with Crippen LogP contribution in [-0.2, 0) is 9.53 Å². The Bertz CT molecular complexity index is 446. The maximum atomic E-state index is 11.3. The molecule has 0 saturated carbocycles. The Balaban J connectivity index is 2.83. The summed E-state index contributed by atoms with van der Waals surface area (Å²) in [7, 11) is 3.17. The number of methoxy groups -OCH3 is 2. The van der Waals surface area contributed by atoms with Crippen LogP contribution in [0.2, 0.25) is 0 Å². The summed E-state index contributed by atoms with van der Waals surface area (Å²) in [5, 5.41) is 3.08. The lowest BCUT2D eigenvalue weighted by Crippen LogP contribution is -2.04. The van der Waals surface area contributed by atoms with E-state index >= 15 is 0 Å². The van der Waals surface area contributed by atoms with Crippen molar-refractivity contribution in [2.45, 2.75) is 13.8 Å². The highest BCUT2D eigenvalue weighted by atomic mass is 16.5. The summed E-state index contributed by atoms with van der Waals surface area (Å²) in [4.78, 5) is 11.3. The maximum absolute atomic E-state index is 11.3. The fourth-order valence-electron chi connectivity index (χ4n) is 1.50. The summed E-state index contributed by atoms with van der Waals surface area (Å²) in [6, 6.07) is 5.39. The molecule has 0 aliphatic heterocycles. The third kappa shape index (κ3) is 4.91. The van der Waals surface area contributed by atoms with Crippen LogP contribution in [-0.4, -0.2) is 26.8 Å². The second kappa shape index (κ2) is 7.31. The van der Waals surface area contributed by atoms with Crippen LogP contribution in [0.25, 0.3) is 0 Å². The Morgan fingerprint density at radius 1 is 1.21 bits per heavy atom. The van der Waals surface area contributed by atoms with E-state index in [1.165, 1.54) is 6.08 Å². The first-order valence-corrected chi connectivity index (χ1v) is 5.94. The number of hydrogen-bond donors (Lipinski definition) is 1. The van der Waals surface area contributed by atoms with Crippen molar-refractivity contribution in [3.8, 4) is 11.5 Å². The average molecular weight is 265 g/mol. The van der Waals surface area contributed by atoms with Crippen molar-refractivity contribution in [2.24, 2.45) is 0 Å². The number of carbonyl (C=O) groups excluding carboxylic acids is 1. The molecule has 1 N–H and O–H groups in total. The highest BCUT2D eigenvalue weighted by molar-refractivity contribution is 5.83. The minimum atomic E-state index is -0.373. The van der Waals surface area contributed by atoms with Crippen LogP contribution in [0.4, 0.5) is 5.69 Å². The molecule has 0 spiro atoms. The normalized spacial score (nSPS) is 10.8. The third-order valence-electron chi connectivity index (χ3n) is 2.31. The van der Waals surface area contributed by atoms with E-state index < -0.39 is 0 Å². The van der Waals surface area contributed by atoms with Crippen molar-refractivity contribution in [3.05, 3.63) is 30.0 Å². The highest BCUT2D eigenvalue weighted by Crippen LogP contribution is 2.26. The van der Waals surface area contributed by atoms with Gasteiger partial charge in [0.05, 0.1) is 20.8 Å². The van der Waals surface area contributed by atoms with Crippen LogP contribution in [0, 0.1) is 0 Å². The number of anilines is 1. The number of benzene rings is 1. The Labute approximate surface area is 113 Å². The van der Waals surface area contributed by atoms with Gasteiger partial charge in [0, 0.05) is 35.7 Å². The molecule has 0 aliphatic carbocycles. The average Bonchev–Trinajstić information content (AvgIpc) is 2.38. The molecule has 19 heavy (non-hydrogen) atoms. The van der Waals surface area contributed by atoms with E-state index in [2.05, 4.69) is 5.32 Å². The molecule has 1 aromatic carbocycles. The van der Waals surface area contributed by atoms with E-state index in [9.17, 15) is 4.79 Å². The summed E-state index contributed by atoms with van der Waals surface area (Å²) < 4.78 is 15.2. The number of rotatable bonds is 6. The third-order valence-corrected chi connectivity index (χ3v) is 2.31. The van der Waals surface area contributed by atoms with Gasteiger partial charge in [-0.1, -0.05) is 0 Å². The zero-order valence-corrected chi connectivity index (χ0v) is 11.6. The topological polar surface area (TPSA) is 56.8 Å². The van der Waals surface area contributed by atoms with Gasteiger partial charge in [0.2, 0.25) is 0 Å². The quantitative estimate of drug-likeness (QED) is 0.633. The number of carbonyl (C=O) groups is 1. The SMILES string of the molecule is CCOC(=O)C=C(C)Nc1cc(OC)cc(OC)c1. The molecule has 0 heterocycles. The van der Waals surface area contributed by atoms with E-state index in [0.717, 1.165) is 5.69 Å². The van der Waals surface area contributed by atoms with Crippen LogP contribution in [0.5, 0.6) is 11.5 Å². The predicted molar refractivity (Wildman–Crippen MR) is 73.6 cm³/mol. The van der Waals surface area contributed by atoms with Gasteiger partial charge in [-0.15, -0.1) is 0 Å². The monoisotopic (exact) mass is 265 g/mol. The van der Waals surface area contributed by atoms with Gasteiger partial charge in [-0.3, -0.25) is 0 Å². The van der Waals surface area contributed by atoms with Crippen molar-refractivity contribution >= 4 is 11.7 Å². The lowest BCUT2D eigenvalue weighted by Gasteiger charge is -2.10. The fraction of sp³-hybridized carbons (Fsp3) is 0.357. The summed E-state index contributed by atoms with van der Waals surface area (Å²) in [6.45, 7) is 3.90. The molecule has 0 atom stereocenters. The van der Waals surface area contributed by atoms with Gasteiger partial charge >= 0.3 is 5.97 Å². The minimum Gasteiger partial charge on any atom is -0.497 e. The molecule has 5 heteroatoms. The summed E-state index contributed by atoms with van der Waals surface area (Å²) >= 11 is 0. The molecule has 0 amide bonds. The van der Waals surface area contributed by atoms with Crippen LogP contribution in [0.1, 0.15) is 13.8 Å². The number of hydrogen-bond acceptors (Lipinski definition) is 5. The smallest absolute Gasteiger partial charge is 0.332 e. The zero-order valence-electron chi connectivity index (χ0n) is 11.6. The second-order valence-corrected chi connectivity index (χ2v) is 3.81. The standard InChI is InChI=1S/C14H19NO4/c1-5-19-14(16)6-10(2)15-11-7-12(17-3)9-13(8-11)18-4/h6-9,15H,5H2,1-4H3. The molecule has 104 valence electrons. The Kier molecular flexibility index (Phi) is 5.73. The van der Waals surface area contributed by atoms with E-state index in [1.54, 1.807) is 34.1 Å². The number of ether oxygens (including phenoxy) is 3. The summed E-state index contributed by atoms with van der Waals surface area (Å²) in [6.07, 6.45) is 1.40. The van der Waals surface area contributed by atoms with Crippen LogP contribution < -0.4 is 14.8 Å². The molecule has 5 nitrogen and oxygen atoms in total. The summed E-state index contributed by atoms with van der Waals surface area (Å²) in [5.41, 5.74) is 1.45. The van der Waals surface area contributed by atoms with Gasteiger partial charge in [-0.25, -0.2) is 4.79 Å². The van der Waals surface area contributed by atoms with Crippen molar-refractivity contribution in [1.29, 1.82) is 0 Å². The largest absolute Gasteiger partial charge is 0.497 e. The molecule has 0 bridgehead atoms. The number of esters is 1. The Morgan fingerprint density at radius 2 is 1.79 bits per heavy atom. The van der Waals surface area contributed by atoms with Crippen molar-refractivity contribution in [1.82, 2.24) is 0 Å². The van der Waals surface area contributed by atoms with Gasteiger partial charge in [-0.2, -0.15) is 0 Å². The van der Waals surface area contributed by atoms with Gasteiger partial charge < -0.3 is 19.5 Å². The van der Waals surface area contributed by atoms with Crippen LogP contribution in [0.15, 0.2) is 30.0 Å². The lowest BCUT2D eigenvalue weighted by molar-refractivity contribution is -0.137. The van der Waals surface area contributed by atoms with Gasteiger partial charge in [-0.05, 0) is 13.8 Å². The van der Waals surface area contributed by atoms with Crippen molar-refractivity contribution in [2.75, 3.05) is 26.1 Å². The molecular weight excluding hydrogens is 246 g/mol. The number of allylic oxidation sites excluding steroid dienone is 1. The second-order valence-electron chi connectivity index (χ2n) is 3.81. The minimum absolute atomic E-state index is 0.357. The molecule has 1 rings (SSSR count). The van der Waals surface area contributed by atoms with Gasteiger partial charge in [0.15, 0.2) is 0 Å². The molecule has 0 unspecified atom stereocenters. The Hall–Kier alpha value is -2.17. The van der Waals surface area contributed by atoms with E-state index in [0.29, 0.717) is 23.8 Å². The molecule has 0 aromatic heterocycles. The molecule has 0 fully saturated rings. The van der Waals surface area contributed by atoms with Gasteiger partial charge in [0.25, 0.3) is 0 Å². The van der Waals surface area contributed by atoms with E-state index in [-0.39, 0.29) is 5.97 Å². The van der Waals surface area contributed by atoms with Gasteiger partial charge in [0.1, 0.15) is 11.5 Å². The first kappa shape index (κ1) is 14.9. The molecule has 1 aromatic rings. The molecule has 0 radical (unpaired) electrons. The summed E-state index contributed by atoms with van der Waals surface area (Å²) in [5.74, 6) is 0.971.